The van der Waals surface area contributed by atoms with Gasteiger partial charge in [-0.3, -0.25) is 14.0 Å². The van der Waals surface area contributed by atoms with Crippen LogP contribution in [0.3, 0.4) is 0 Å². The molecule has 29 heavy (non-hydrogen) atoms. The molecule has 1 aliphatic rings. The van der Waals surface area contributed by atoms with Crippen molar-refractivity contribution in [3.05, 3.63) is 59.7 Å². The molecule has 0 radical (unpaired) electrons. The lowest BCUT2D eigenvalue weighted by atomic mass is 10.2. The van der Waals surface area contributed by atoms with Crippen molar-refractivity contribution in [2.75, 3.05) is 24.9 Å². The lowest BCUT2D eigenvalue weighted by molar-refractivity contribution is 0.0939. The van der Waals surface area contributed by atoms with Crippen LogP contribution in [0.5, 0.6) is 0 Å². The maximum Gasteiger partial charge on any atom is 0.264 e. The fourth-order valence-corrected chi connectivity index (χ4v) is 4.35. The number of hydrogen-bond acceptors (Lipinski definition) is 4. The van der Waals surface area contributed by atoms with E-state index in [0.29, 0.717) is 23.8 Å². The van der Waals surface area contributed by atoms with Gasteiger partial charge in [-0.1, -0.05) is 17.7 Å². The quantitative estimate of drug-likeness (QED) is 0.720. The number of amides is 1. The van der Waals surface area contributed by atoms with E-state index in [-0.39, 0.29) is 16.8 Å². The number of carbonyl (C=O) groups excluding carboxylic acids is 1. The van der Waals surface area contributed by atoms with E-state index in [1.165, 1.54) is 24.2 Å². The molecule has 1 fully saturated rings. The van der Waals surface area contributed by atoms with Crippen LogP contribution in [0.2, 0.25) is 0 Å². The highest BCUT2D eigenvalue weighted by atomic mass is 32.2. The molecule has 0 heterocycles. The van der Waals surface area contributed by atoms with Crippen LogP contribution in [0, 0.1) is 6.92 Å². The molecule has 0 spiro atoms. The Kier molecular flexibility index (Phi) is 6.29. The molecule has 6 nitrogen and oxygen atoms in total. The summed E-state index contributed by atoms with van der Waals surface area (Å²) >= 11 is 0. The Bertz CT molecular complexity index is 952. The number of nitrogens with one attached hydrogen (secondary N) is 1. The third-order valence-electron chi connectivity index (χ3n) is 5.55. The van der Waals surface area contributed by atoms with E-state index >= 15 is 0 Å². The minimum absolute atomic E-state index is 0.156. The van der Waals surface area contributed by atoms with E-state index in [1.807, 2.05) is 6.92 Å². The molecular weight excluding hydrogens is 386 g/mol. The van der Waals surface area contributed by atoms with Crippen molar-refractivity contribution in [1.29, 1.82) is 0 Å². The van der Waals surface area contributed by atoms with Gasteiger partial charge in [0, 0.05) is 31.2 Å². The topological polar surface area (TPSA) is 69.7 Å². The summed E-state index contributed by atoms with van der Waals surface area (Å²) in [4.78, 5) is 15.0. The van der Waals surface area contributed by atoms with Gasteiger partial charge in [-0.05, 0) is 70.1 Å². The van der Waals surface area contributed by atoms with Crippen LogP contribution in [0.15, 0.2) is 53.4 Å². The number of sulfonamides is 1. The van der Waals surface area contributed by atoms with Gasteiger partial charge in [-0.25, -0.2) is 8.42 Å². The maximum absolute atomic E-state index is 12.8. The first-order valence-electron chi connectivity index (χ1n) is 9.86. The Balaban J connectivity index is 1.64. The molecule has 1 saturated carbocycles. The minimum atomic E-state index is -3.65. The molecule has 1 atom stereocenters. The number of nitrogens with zero attached hydrogens (tertiary/aromatic N) is 2. The molecule has 0 aliphatic heterocycles. The van der Waals surface area contributed by atoms with Crippen molar-refractivity contribution in [3.63, 3.8) is 0 Å². The normalized spacial score (nSPS) is 15.2. The molecular formula is C22H29N3O3S. The molecule has 2 aromatic rings. The number of likely N-dealkylation sites (N-methyl/N-ethyl adjacent to an activating group) is 1. The second-order valence-electron chi connectivity index (χ2n) is 7.79. The lowest BCUT2D eigenvalue weighted by Crippen LogP contribution is -2.41. The largest absolute Gasteiger partial charge is 0.350 e. The molecule has 2 aromatic carbocycles. The average molecular weight is 416 g/mol. The van der Waals surface area contributed by atoms with Crippen molar-refractivity contribution in [1.82, 2.24) is 10.2 Å². The minimum Gasteiger partial charge on any atom is -0.350 e. The van der Waals surface area contributed by atoms with E-state index in [0.717, 1.165) is 5.56 Å². The number of carbonyl (C=O) groups is 1. The zero-order valence-corrected chi connectivity index (χ0v) is 18.2. The molecule has 1 unspecified atom stereocenters. The van der Waals surface area contributed by atoms with Gasteiger partial charge in [0.25, 0.3) is 15.9 Å². The van der Waals surface area contributed by atoms with E-state index in [9.17, 15) is 13.2 Å². The smallest absolute Gasteiger partial charge is 0.264 e. The van der Waals surface area contributed by atoms with Gasteiger partial charge >= 0.3 is 0 Å². The molecule has 156 valence electrons. The molecule has 7 heteroatoms. The van der Waals surface area contributed by atoms with Gasteiger partial charge < -0.3 is 5.32 Å². The summed E-state index contributed by atoms with van der Waals surface area (Å²) in [5.74, 6) is -0.156. The molecule has 1 N–H and O–H groups in total. The van der Waals surface area contributed by atoms with Crippen LogP contribution in [0.25, 0.3) is 0 Å². The monoisotopic (exact) mass is 415 g/mol. The summed E-state index contributed by atoms with van der Waals surface area (Å²) in [5.41, 5.74) is 2.01. The third-order valence-corrected chi connectivity index (χ3v) is 7.35. The molecule has 1 amide bonds. The van der Waals surface area contributed by atoms with Crippen LogP contribution in [-0.2, 0) is 10.0 Å². The second-order valence-corrected chi connectivity index (χ2v) is 9.76. The standard InChI is InChI=1S/C22H29N3O3S/c1-16-5-13-21(14-6-16)29(27,28)25(4)20-9-7-18(8-10-20)22(26)23-15-17(2)24(3)19-11-12-19/h5-10,13-14,17,19H,11-12,15H2,1-4H3,(H,23,26). The molecule has 0 bridgehead atoms. The van der Waals surface area contributed by atoms with Gasteiger partial charge in [0.15, 0.2) is 0 Å². The van der Waals surface area contributed by atoms with Crippen molar-refractivity contribution in [3.8, 4) is 0 Å². The number of aryl methyl sites for hydroxylation is 1. The summed E-state index contributed by atoms with van der Waals surface area (Å²) < 4.78 is 26.8. The van der Waals surface area contributed by atoms with E-state index < -0.39 is 10.0 Å². The highest BCUT2D eigenvalue weighted by Crippen LogP contribution is 2.27. The summed E-state index contributed by atoms with van der Waals surface area (Å²) in [7, 11) is -0.0435. The molecule has 0 aromatic heterocycles. The van der Waals surface area contributed by atoms with Crippen LogP contribution in [0.1, 0.15) is 35.7 Å². The lowest BCUT2D eigenvalue weighted by Gasteiger charge is -2.24. The summed E-state index contributed by atoms with van der Waals surface area (Å²) in [6, 6.07) is 14.3. The van der Waals surface area contributed by atoms with Gasteiger partial charge in [-0.15, -0.1) is 0 Å². The van der Waals surface area contributed by atoms with Crippen molar-refractivity contribution >= 4 is 21.6 Å². The zero-order chi connectivity index (χ0) is 21.2. The van der Waals surface area contributed by atoms with Gasteiger partial charge in [0.1, 0.15) is 0 Å². The van der Waals surface area contributed by atoms with Gasteiger partial charge in [0.2, 0.25) is 0 Å². The third kappa shape index (κ3) is 4.97. The number of anilines is 1. The van der Waals surface area contributed by atoms with E-state index in [4.69, 9.17) is 0 Å². The Morgan fingerprint density at radius 1 is 1.07 bits per heavy atom. The number of rotatable bonds is 8. The van der Waals surface area contributed by atoms with E-state index in [1.54, 1.807) is 48.5 Å². The Labute approximate surface area is 173 Å². The van der Waals surface area contributed by atoms with Crippen LogP contribution in [-0.4, -0.2) is 51.9 Å². The van der Waals surface area contributed by atoms with Gasteiger partial charge in [0.05, 0.1) is 10.6 Å². The average Bonchev–Trinajstić information content (AvgIpc) is 3.56. The SMILES string of the molecule is Cc1ccc(S(=O)(=O)N(C)c2ccc(C(=O)NCC(C)N(C)C3CC3)cc2)cc1. The highest BCUT2D eigenvalue weighted by molar-refractivity contribution is 7.92. The summed E-state index contributed by atoms with van der Waals surface area (Å²) in [6.07, 6.45) is 2.46. The van der Waals surface area contributed by atoms with Crippen LogP contribution < -0.4 is 9.62 Å². The summed E-state index contributed by atoms with van der Waals surface area (Å²) in [5, 5.41) is 2.96. The van der Waals surface area contributed by atoms with Crippen molar-refractivity contribution in [2.24, 2.45) is 0 Å². The maximum atomic E-state index is 12.8. The van der Waals surface area contributed by atoms with Gasteiger partial charge in [-0.2, -0.15) is 0 Å². The van der Waals surface area contributed by atoms with E-state index in [2.05, 4.69) is 24.2 Å². The van der Waals surface area contributed by atoms with Crippen molar-refractivity contribution < 1.29 is 13.2 Å². The highest BCUT2D eigenvalue weighted by Gasteiger charge is 2.29. The number of hydrogen-bond donors (Lipinski definition) is 1. The Morgan fingerprint density at radius 3 is 2.21 bits per heavy atom. The Morgan fingerprint density at radius 2 is 1.66 bits per heavy atom. The first-order chi connectivity index (χ1) is 13.7. The predicted octanol–water partition coefficient (Wildman–Crippen LogP) is 3.03. The molecule has 3 rings (SSSR count). The summed E-state index contributed by atoms with van der Waals surface area (Å²) in [6.45, 7) is 4.59. The fraction of sp³-hybridized carbons (Fsp3) is 0.409. The molecule has 1 aliphatic carbocycles. The van der Waals surface area contributed by atoms with Crippen LogP contribution >= 0.6 is 0 Å². The Hall–Kier alpha value is -2.38. The predicted molar refractivity (Wildman–Crippen MR) is 116 cm³/mol. The zero-order valence-electron chi connectivity index (χ0n) is 17.4. The first-order valence-corrected chi connectivity index (χ1v) is 11.3. The fourth-order valence-electron chi connectivity index (χ4n) is 3.16. The second kappa shape index (κ2) is 8.55. The first kappa shape index (κ1) is 21.3. The molecule has 0 saturated heterocycles. The van der Waals surface area contributed by atoms with Crippen LogP contribution in [0.4, 0.5) is 5.69 Å². The number of benzene rings is 2. The van der Waals surface area contributed by atoms with Crippen molar-refractivity contribution in [2.45, 2.75) is 43.7 Å².